The van der Waals surface area contributed by atoms with E-state index in [1.807, 2.05) is 31.2 Å². The molecule has 0 fully saturated rings. The van der Waals surface area contributed by atoms with Crippen LogP contribution in [0.25, 0.3) is 0 Å². The van der Waals surface area contributed by atoms with Crippen LogP contribution < -0.4 is 5.32 Å². The Morgan fingerprint density at radius 2 is 2.11 bits per heavy atom. The van der Waals surface area contributed by atoms with Crippen molar-refractivity contribution >= 4 is 17.6 Å². The maximum absolute atomic E-state index is 11.2. The summed E-state index contributed by atoms with van der Waals surface area (Å²) in [5, 5.41) is 13.0. The summed E-state index contributed by atoms with van der Waals surface area (Å²) in [5.74, 6) is -0.803. The van der Waals surface area contributed by atoms with Crippen molar-refractivity contribution in [1.82, 2.24) is 5.32 Å². The lowest BCUT2D eigenvalue weighted by Crippen LogP contribution is -2.38. The molecule has 0 radical (unpaired) electrons. The standard InChI is InChI=1S/C14H20ClNO2/c1-3-4-9-13(14(17)18)16-10(2)11-7-5-6-8-12(11)15/h5-8,10,13,16H,3-4,9H2,1-2H3,(H,17,18). The average Bonchev–Trinajstić information content (AvgIpc) is 2.34. The van der Waals surface area contributed by atoms with E-state index in [4.69, 9.17) is 16.7 Å². The number of rotatable bonds is 7. The Kier molecular flexibility index (Phi) is 6.16. The van der Waals surface area contributed by atoms with E-state index in [2.05, 4.69) is 12.2 Å². The summed E-state index contributed by atoms with van der Waals surface area (Å²) in [5.41, 5.74) is 0.932. The van der Waals surface area contributed by atoms with Crippen molar-refractivity contribution in [3.05, 3.63) is 34.9 Å². The summed E-state index contributed by atoms with van der Waals surface area (Å²) < 4.78 is 0. The van der Waals surface area contributed by atoms with E-state index in [9.17, 15) is 4.79 Å². The molecule has 0 spiro atoms. The summed E-state index contributed by atoms with van der Waals surface area (Å²) in [6.07, 6.45) is 2.53. The van der Waals surface area contributed by atoms with E-state index in [1.54, 1.807) is 0 Å². The Bertz CT molecular complexity index is 395. The third-order valence-corrected chi connectivity index (χ3v) is 3.31. The van der Waals surface area contributed by atoms with Crippen LogP contribution in [0.2, 0.25) is 5.02 Å². The first-order valence-electron chi connectivity index (χ1n) is 6.29. The molecule has 2 N–H and O–H groups in total. The molecule has 0 aromatic heterocycles. The normalized spacial score (nSPS) is 14.2. The molecule has 100 valence electrons. The first kappa shape index (κ1) is 15.0. The van der Waals surface area contributed by atoms with E-state index < -0.39 is 12.0 Å². The summed E-state index contributed by atoms with van der Waals surface area (Å²) >= 11 is 6.10. The Morgan fingerprint density at radius 3 is 2.67 bits per heavy atom. The molecule has 4 heteroatoms. The number of carbonyl (C=O) groups is 1. The molecule has 2 unspecified atom stereocenters. The molecule has 18 heavy (non-hydrogen) atoms. The van der Waals surface area contributed by atoms with Gasteiger partial charge in [-0.15, -0.1) is 0 Å². The van der Waals surface area contributed by atoms with Gasteiger partial charge in [0.05, 0.1) is 0 Å². The molecule has 0 saturated carbocycles. The highest BCUT2D eigenvalue weighted by atomic mass is 35.5. The fourth-order valence-corrected chi connectivity index (χ4v) is 2.20. The van der Waals surface area contributed by atoms with Crippen LogP contribution in [-0.2, 0) is 4.79 Å². The van der Waals surface area contributed by atoms with Crippen LogP contribution in [0.15, 0.2) is 24.3 Å². The molecule has 3 nitrogen and oxygen atoms in total. The largest absolute Gasteiger partial charge is 0.480 e. The second-order valence-electron chi connectivity index (χ2n) is 4.44. The number of carboxylic acid groups (broad SMARTS) is 1. The highest BCUT2D eigenvalue weighted by Crippen LogP contribution is 2.23. The molecule has 1 aromatic rings. The molecule has 1 aromatic carbocycles. The predicted molar refractivity (Wildman–Crippen MR) is 74.0 cm³/mol. The number of halogens is 1. The van der Waals surface area contributed by atoms with Crippen LogP contribution in [0.3, 0.4) is 0 Å². The monoisotopic (exact) mass is 269 g/mol. The molecule has 0 saturated heterocycles. The molecule has 0 heterocycles. The third kappa shape index (κ3) is 4.31. The van der Waals surface area contributed by atoms with Gasteiger partial charge in [0, 0.05) is 11.1 Å². The first-order valence-corrected chi connectivity index (χ1v) is 6.67. The lowest BCUT2D eigenvalue weighted by atomic mass is 10.0. The SMILES string of the molecule is CCCCC(NC(C)c1ccccc1Cl)C(=O)O. The van der Waals surface area contributed by atoms with Crippen molar-refractivity contribution in [1.29, 1.82) is 0 Å². The zero-order valence-electron chi connectivity index (χ0n) is 10.8. The Balaban J connectivity index is 2.69. The van der Waals surface area contributed by atoms with Crippen LogP contribution in [0.4, 0.5) is 0 Å². The molecule has 1 rings (SSSR count). The van der Waals surface area contributed by atoms with E-state index in [0.29, 0.717) is 11.4 Å². The zero-order valence-corrected chi connectivity index (χ0v) is 11.6. The zero-order chi connectivity index (χ0) is 13.5. The van der Waals surface area contributed by atoms with Crippen LogP contribution in [0.1, 0.15) is 44.7 Å². The van der Waals surface area contributed by atoms with E-state index >= 15 is 0 Å². The van der Waals surface area contributed by atoms with Crippen molar-refractivity contribution in [3.8, 4) is 0 Å². The second kappa shape index (κ2) is 7.39. The van der Waals surface area contributed by atoms with Gasteiger partial charge in [-0.2, -0.15) is 0 Å². The van der Waals surface area contributed by atoms with Crippen LogP contribution in [-0.4, -0.2) is 17.1 Å². The van der Waals surface area contributed by atoms with Gasteiger partial charge in [0.1, 0.15) is 6.04 Å². The van der Waals surface area contributed by atoms with Gasteiger partial charge < -0.3 is 5.11 Å². The average molecular weight is 270 g/mol. The molecule has 0 aliphatic carbocycles. The van der Waals surface area contributed by atoms with Gasteiger partial charge in [0.25, 0.3) is 0 Å². The molecule has 0 aliphatic rings. The minimum Gasteiger partial charge on any atom is -0.480 e. The number of benzene rings is 1. The fourth-order valence-electron chi connectivity index (χ4n) is 1.90. The van der Waals surface area contributed by atoms with Crippen molar-refractivity contribution in [3.63, 3.8) is 0 Å². The van der Waals surface area contributed by atoms with Gasteiger partial charge in [-0.3, -0.25) is 10.1 Å². The highest BCUT2D eigenvalue weighted by molar-refractivity contribution is 6.31. The quantitative estimate of drug-likeness (QED) is 0.795. The van der Waals surface area contributed by atoms with E-state index in [-0.39, 0.29) is 6.04 Å². The van der Waals surface area contributed by atoms with Crippen LogP contribution >= 0.6 is 11.6 Å². The van der Waals surface area contributed by atoms with Gasteiger partial charge in [-0.1, -0.05) is 49.6 Å². The lowest BCUT2D eigenvalue weighted by Gasteiger charge is -2.21. The Morgan fingerprint density at radius 1 is 1.44 bits per heavy atom. The smallest absolute Gasteiger partial charge is 0.320 e. The number of hydrogen-bond acceptors (Lipinski definition) is 2. The van der Waals surface area contributed by atoms with Gasteiger partial charge in [-0.25, -0.2) is 0 Å². The molecule has 2 atom stereocenters. The van der Waals surface area contributed by atoms with E-state index in [1.165, 1.54) is 0 Å². The van der Waals surface area contributed by atoms with Crippen LogP contribution in [0.5, 0.6) is 0 Å². The van der Waals surface area contributed by atoms with Crippen LogP contribution in [0, 0.1) is 0 Å². The summed E-state index contributed by atoms with van der Waals surface area (Å²) in [7, 11) is 0. The van der Waals surface area contributed by atoms with Gasteiger partial charge in [-0.05, 0) is 25.0 Å². The lowest BCUT2D eigenvalue weighted by molar-refractivity contribution is -0.139. The van der Waals surface area contributed by atoms with Crippen molar-refractivity contribution < 1.29 is 9.90 Å². The van der Waals surface area contributed by atoms with Gasteiger partial charge in [0.2, 0.25) is 0 Å². The topological polar surface area (TPSA) is 49.3 Å². The molecular formula is C14H20ClNO2. The first-order chi connectivity index (χ1) is 8.56. The second-order valence-corrected chi connectivity index (χ2v) is 4.85. The fraction of sp³-hybridized carbons (Fsp3) is 0.500. The summed E-state index contributed by atoms with van der Waals surface area (Å²) in [6, 6.07) is 6.91. The number of nitrogens with one attached hydrogen (secondary N) is 1. The van der Waals surface area contributed by atoms with Gasteiger partial charge in [0.15, 0.2) is 0 Å². The van der Waals surface area contributed by atoms with Crippen molar-refractivity contribution in [2.45, 2.75) is 45.2 Å². The number of hydrogen-bond donors (Lipinski definition) is 2. The Labute approximate surface area is 113 Å². The van der Waals surface area contributed by atoms with Gasteiger partial charge >= 0.3 is 5.97 Å². The molecule has 0 amide bonds. The summed E-state index contributed by atoms with van der Waals surface area (Å²) in [6.45, 7) is 3.99. The molecular weight excluding hydrogens is 250 g/mol. The van der Waals surface area contributed by atoms with Crippen molar-refractivity contribution in [2.24, 2.45) is 0 Å². The minimum atomic E-state index is -0.803. The number of unbranched alkanes of at least 4 members (excludes halogenated alkanes) is 1. The maximum atomic E-state index is 11.2. The summed E-state index contributed by atoms with van der Waals surface area (Å²) in [4.78, 5) is 11.2. The van der Waals surface area contributed by atoms with E-state index in [0.717, 1.165) is 18.4 Å². The third-order valence-electron chi connectivity index (χ3n) is 2.97. The minimum absolute atomic E-state index is 0.0725. The maximum Gasteiger partial charge on any atom is 0.320 e. The number of carboxylic acids is 1. The Hall–Kier alpha value is -1.06. The van der Waals surface area contributed by atoms with Crippen molar-refractivity contribution in [2.75, 3.05) is 0 Å². The highest BCUT2D eigenvalue weighted by Gasteiger charge is 2.20. The predicted octanol–water partition coefficient (Wildman–Crippen LogP) is 3.63. The molecule has 0 aliphatic heterocycles. The molecule has 0 bridgehead atoms. The number of aliphatic carboxylic acids is 1.